The van der Waals surface area contributed by atoms with E-state index in [1.807, 2.05) is 0 Å². The molecule has 1 aromatic carbocycles. The number of aromatic nitrogens is 1. The average molecular weight is 397 g/mol. The van der Waals surface area contributed by atoms with Crippen molar-refractivity contribution < 1.29 is 17.6 Å². The van der Waals surface area contributed by atoms with Crippen molar-refractivity contribution in [2.24, 2.45) is 11.0 Å². The van der Waals surface area contributed by atoms with Crippen molar-refractivity contribution in [2.75, 3.05) is 0 Å². The average Bonchev–Trinajstić information content (AvgIpc) is 3.18. The third-order valence-electron chi connectivity index (χ3n) is 4.74. The lowest BCUT2D eigenvalue weighted by atomic mass is 9.85. The summed E-state index contributed by atoms with van der Waals surface area (Å²) in [6.07, 6.45) is 7.22. The summed E-state index contributed by atoms with van der Waals surface area (Å²) < 4.78 is 41.2. The number of benzene rings is 1. The molecule has 6 nitrogen and oxygen atoms in total. The molecule has 142 valence electrons. The summed E-state index contributed by atoms with van der Waals surface area (Å²) in [7, 11) is -4.01. The molecule has 28 heavy (non-hydrogen) atoms. The fourth-order valence-electron chi connectivity index (χ4n) is 3.31. The van der Waals surface area contributed by atoms with Crippen molar-refractivity contribution >= 4 is 22.0 Å². The summed E-state index contributed by atoms with van der Waals surface area (Å²) in [5.41, 5.74) is 1.11. The molecule has 0 amide bonds. The van der Waals surface area contributed by atoms with Crippen LogP contribution in [0, 0.1) is 5.92 Å². The number of sulfonamides is 1. The Labute approximate surface area is 161 Å². The summed E-state index contributed by atoms with van der Waals surface area (Å²) in [6.45, 7) is 0. The first kappa shape index (κ1) is 18.2. The van der Waals surface area contributed by atoms with Crippen molar-refractivity contribution in [3.63, 3.8) is 0 Å². The first-order valence-corrected chi connectivity index (χ1v) is 10.1. The molecule has 0 fully saturated rings. The summed E-state index contributed by atoms with van der Waals surface area (Å²) in [5, 5.41) is 3.99. The van der Waals surface area contributed by atoms with E-state index in [-0.39, 0.29) is 17.1 Å². The molecule has 1 aromatic heterocycles. The number of pyridine rings is 1. The molecular formula is C20H16FN3O3S. The van der Waals surface area contributed by atoms with E-state index in [0.29, 0.717) is 11.1 Å². The third-order valence-corrected chi connectivity index (χ3v) is 6.42. The van der Waals surface area contributed by atoms with E-state index in [4.69, 9.17) is 0 Å². The Bertz CT molecular complexity index is 1100. The van der Waals surface area contributed by atoms with Crippen molar-refractivity contribution in [1.29, 1.82) is 0 Å². The normalized spacial score (nSPS) is 21.1. The monoisotopic (exact) mass is 397 g/mol. The van der Waals surface area contributed by atoms with Gasteiger partial charge in [0.05, 0.1) is 4.90 Å². The van der Waals surface area contributed by atoms with Crippen LogP contribution in [0.15, 0.2) is 88.4 Å². The Morgan fingerprint density at radius 2 is 1.79 bits per heavy atom. The van der Waals surface area contributed by atoms with E-state index in [2.05, 4.69) is 10.1 Å². The number of carbonyl (C=O) groups excluding carboxylic acids is 1. The predicted molar refractivity (Wildman–Crippen MR) is 102 cm³/mol. The number of halogens is 1. The number of ketones is 1. The Kier molecular flexibility index (Phi) is 4.64. The Morgan fingerprint density at radius 1 is 1.07 bits per heavy atom. The van der Waals surface area contributed by atoms with Gasteiger partial charge < -0.3 is 0 Å². The lowest BCUT2D eigenvalue weighted by molar-refractivity contribution is 0.0990. The first-order chi connectivity index (χ1) is 13.5. The second kappa shape index (κ2) is 7.12. The lowest BCUT2D eigenvalue weighted by Gasteiger charge is -2.29. The van der Waals surface area contributed by atoms with Gasteiger partial charge in [-0.15, -0.1) is 0 Å². The minimum absolute atomic E-state index is 0.0320. The van der Waals surface area contributed by atoms with Gasteiger partial charge in [0.15, 0.2) is 5.78 Å². The zero-order valence-electron chi connectivity index (χ0n) is 14.6. The van der Waals surface area contributed by atoms with Gasteiger partial charge in [0.2, 0.25) is 0 Å². The van der Waals surface area contributed by atoms with E-state index in [1.54, 1.807) is 30.3 Å². The Hall–Kier alpha value is -3.13. The number of fused-ring (bicyclic) bond motifs is 1. The van der Waals surface area contributed by atoms with Gasteiger partial charge in [0, 0.05) is 36.5 Å². The fourth-order valence-corrected chi connectivity index (χ4v) is 4.74. The van der Waals surface area contributed by atoms with Crippen LogP contribution in [0.1, 0.15) is 16.8 Å². The molecule has 0 radical (unpaired) electrons. The Morgan fingerprint density at radius 3 is 2.50 bits per heavy atom. The highest BCUT2D eigenvalue weighted by Gasteiger charge is 2.44. The van der Waals surface area contributed by atoms with Crippen LogP contribution in [-0.4, -0.2) is 35.9 Å². The highest BCUT2D eigenvalue weighted by molar-refractivity contribution is 7.89. The molecule has 0 saturated heterocycles. The second-order valence-electron chi connectivity index (χ2n) is 6.45. The van der Waals surface area contributed by atoms with Gasteiger partial charge in [-0.2, -0.15) is 17.9 Å². The largest absolute Gasteiger partial charge is 0.294 e. The second-order valence-corrected chi connectivity index (χ2v) is 8.25. The van der Waals surface area contributed by atoms with E-state index in [1.165, 1.54) is 42.9 Å². The zero-order chi connectivity index (χ0) is 19.7. The smallest absolute Gasteiger partial charge is 0.279 e. The number of carbonyl (C=O) groups is 1. The maximum Gasteiger partial charge on any atom is 0.279 e. The summed E-state index contributed by atoms with van der Waals surface area (Å²) in [5.74, 6) is -1.39. The number of hydrazone groups is 1. The van der Waals surface area contributed by atoms with E-state index >= 15 is 0 Å². The maximum absolute atomic E-state index is 14.6. The molecule has 2 heterocycles. The number of nitrogens with zero attached hydrogens (tertiary/aromatic N) is 3. The lowest BCUT2D eigenvalue weighted by Crippen LogP contribution is -2.39. The molecule has 2 aliphatic rings. The highest BCUT2D eigenvalue weighted by Crippen LogP contribution is 2.38. The quantitative estimate of drug-likeness (QED) is 0.726. The number of rotatable bonds is 5. The minimum atomic E-state index is -4.01. The van der Waals surface area contributed by atoms with Crippen LogP contribution < -0.4 is 0 Å². The minimum Gasteiger partial charge on any atom is -0.294 e. The molecule has 4 rings (SSSR count). The van der Waals surface area contributed by atoms with Crippen molar-refractivity contribution in [1.82, 2.24) is 9.40 Å². The van der Waals surface area contributed by atoms with Gasteiger partial charge in [-0.1, -0.05) is 29.8 Å². The summed E-state index contributed by atoms with van der Waals surface area (Å²) >= 11 is 0. The predicted octanol–water partition coefficient (Wildman–Crippen LogP) is 3.12. The third kappa shape index (κ3) is 3.16. The molecule has 1 aliphatic carbocycles. The van der Waals surface area contributed by atoms with Gasteiger partial charge in [0.25, 0.3) is 10.0 Å². The van der Waals surface area contributed by atoms with Crippen molar-refractivity contribution in [3.05, 3.63) is 84.0 Å². The number of hydrogen-bond donors (Lipinski definition) is 0. The first-order valence-electron chi connectivity index (χ1n) is 8.61. The maximum atomic E-state index is 14.6. The topological polar surface area (TPSA) is 79.7 Å². The van der Waals surface area contributed by atoms with Gasteiger partial charge in [-0.05, 0) is 30.3 Å². The van der Waals surface area contributed by atoms with Crippen LogP contribution in [0.5, 0.6) is 0 Å². The van der Waals surface area contributed by atoms with E-state index in [0.717, 1.165) is 4.41 Å². The SMILES string of the molecule is O=C(CC1=CC=C(F)C2C1C=NN2S(=O)(=O)c1ccccc1)c1ccncc1. The molecule has 2 atom stereocenters. The zero-order valence-corrected chi connectivity index (χ0v) is 15.5. The van der Waals surface area contributed by atoms with Crippen molar-refractivity contribution in [2.45, 2.75) is 17.4 Å². The molecule has 0 bridgehead atoms. The van der Waals surface area contributed by atoms with Crippen LogP contribution in [0.4, 0.5) is 4.39 Å². The van der Waals surface area contributed by atoms with Gasteiger partial charge >= 0.3 is 0 Å². The standard InChI is InChI=1S/C20H16FN3O3S/c21-18-7-6-15(12-19(25)14-8-10-22-11-9-14)17-13-23-24(20(17)18)28(26,27)16-4-2-1-3-5-16/h1-11,13,17,20H,12H2. The molecule has 8 heteroatoms. The molecular weight excluding hydrogens is 381 g/mol. The molecule has 1 aliphatic heterocycles. The number of hydrogen-bond acceptors (Lipinski definition) is 5. The van der Waals surface area contributed by atoms with Crippen LogP contribution in [-0.2, 0) is 10.0 Å². The molecule has 0 saturated carbocycles. The van der Waals surface area contributed by atoms with Gasteiger partial charge in [-0.3, -0.25) is 9.78 Å². The van der Waals surface area contributed by atoms with E-state index < -0.39 is 27.8 Å². The van der Waals surface area contributed by atoms with Crippen LogP contribution in [0.2, 0.25) is 0 Å². The van der Waals surface area contributed by atoms with Crippen LogP contribution in [0.3, 0.4) is 0 Å². The van der Waals surface area contributed by atoms with Crippen LogP contribution in [0.25, 0.3) is 0 Å². The molecule has 0 spiro atoms. The summed E-state index contributed by atoms with van der Waals surface area (Å²) in [4.78, 5) is 16.4. The highest BCUT2D eigenvalue weighted by atomic mass is 32.2. The van der Waals surface area contributed by atoms with E-state index in [9.17, 15) is 17.6 Å². The van der Waals surface area contributed by atoms with Gasteiger partial charge in [-0.25, -0.2) is 4.39 Å². The number of Topliss-reactive ketones (excluding diaryl/α,β-unsaturated/α-hetero) is 1. The number of allylic oxidation sites excluding steroid dienone is 2. The van der Waals surface area contributed by atoms with Crippen LogP contribution >= 0.6 is 0 Å². The summed E-state index contributed by atoms with van der Waals surface area (Å²) in [6, 6.07) is 9.85. The van der Waals surface area contributed by atoms with Crippen molar-refractivity contribution in [3.8, 4) is 0 Å². The Balaban J connectivity index is 1.61. The molecule has 2 aromatic rings. The molecule has 2 unspecified atom stereocenters. The fraction of sp³-hybridized carbons (Fsp3) is 0.150. The van der Waals surface area contributed by atoms with Gasteiger partial charge in [0.1, 0.15) is 11.9 Å². The molecule has 0 N–H and O–H groups in total.